The van der Waals surface area contributed by atoms with Crippen LogP contribution in [0, 0.1) is 3.57 Å². The molecule has 2 aromatic carbocycles. The average molecular weight is 485 g/mol. The Morgan fingerprint density at radius 3 is 2.03 bits per heavy atom. The predicted molar refractivity (Wildman–Crippen MR) is 126 cm³/mol. The summed E-state index contributed by atoms with van der Waals surface area (Å²) in [7, 11) is 0. The molecular weight excluding hydrogens is 469 g/mol. The highest BCUT2D eigenvalue weighted by atomic mass is 127. The Labute approximate surface area is 182 Å². The number of halogens is 1. The van der Waals surface area contributed by atoms with Crippen molar-refractivity contribution in [2.45, 2.75) is 0 Å². The molecule has 0 aliphatic carbocycles. The molecule has 0 fully saturated rings. The van der Waals surface area contributed by atoms with Gasteiger partial charge in [0.15, 0.2) is 0 Å². The Kier molecular flexibility index (Phi) is 4.77. The molecule has 3 nitrogen and oxygen atoms in total. The van der Waals surface area contributed by atoms with Gasteiger partial charge in [0.1, 0.15) is 0 Å². The molecule has 0 saturated carbocycles. The highest BCUT2D eigenvalue weighted by Crippen LogP contribution is 2.28. The van der Waals surface area contributed by atoms with Gasteiger partial charge in [0, 0.05) is 50.4 Å². The van der Waals surface area contributed by atoms with Gasteiger partial charge >= 0.3 is 0 Å². The number of fused-ring (bicyclic) bond motifs is 1. The number of hydrogen-bond donors (Lipinski definition) is 0. The largest absolute Gasteiger partial charge is 0.265 e. The van der Waals surface area contributed by atoms with Gasteiger partial charge in [0.25, 0.3) is 0 Å². The second kappa shape index (κ2) is 7.72. The molecule has 4 heteroatoms. The van der Waals surface area contributed by atoms with Crippen LogP contribution in [0.25, 0.3) is 44.4 Å². The molecule has 0 bridgehead atoms. The van der Waals surface area contributed by atoms with E-state index < -0.39 is 0 Å². The van der Waals surface area contributed by atoms with Crippen LogP contribution < -0.4 is 0 Å². The molecule has 3 aromatic heterocycles. The van der Waals surface area contributed by atoms with Crippen molar-refractivity contribution in [1.29, 1.82) is 0 Å². The number of benzene rings is 2. The van der Waals surface area contributed by atoms with Gasteiger partial charge in [-0.1, -0.05) is 30.3 Å². The summed E-state index contributed by atoms with van der Waals surface area (Å²) in [5.41, 5.74) is 7.49. The predicted octanol–water partition coefficient (Wildman–Crippen LogP) is 6.63. The summed E-state index contributed by atoms with van der Waals surface area (Å²) in [6, 6.07) is 25.2. The zero-order valence-electron chi connectivity index (χ0n) is 15.5. The molecule has 0 aliphatic heterocycles. The van der Waals surface area contributed by atoms with Crippen molar-refractivity contribution >= 4 is 33.5 Å². The van der Waals surface area contributed by atoms with Gasteiger partial charge < -0.3 is 0 Å². The van der Waals surface area contributed by atoms with E-state index in [-0.39, 0.29) is 0 Å². The maximum atomic E-state index is 4.70. The van der Waals surface area contributed by atoms with Crippen molar-refractivity contribution in [3.05, 3.63) is 101 Å². The molecule has 0 unspecified atom stereocenters. The molecule has 0 saturated heterocycles. The lowest BCUT2D eigenvalue weighted by Gasteiger charge is -2.07. The van der Waals surface area contributed by atoms with E-state index in [1.54, 1.807) is 12.4 Å². The van der Waals surface area contributed by atoms with Gasteiger partial charge in [0.2, 0.25) is 0 Å². The minimum atomic E-state index is 0.937. The van der Waals surface area contributed by atoms with Gasteiger partial charge in [-0.3, -0.25) is 15.0 Å². The number of hydrogen-bond acceptors (Lipinski definition) is 3. The van der Waals surface area contributed by atoms with E-state index in [1.807, 2.05) is 30.6 Å². The van der Waals surface area contributed by atoms with Crippen molar-refractivity contribution in [3.63, 3.8) is 0 Å². The van der Waals surface area contributed by atoms with E-state index in [9.17, 15) is 0 Å². The van der Waals surface area contributed by atoms with Crippen molar-refractivity contribution in [3.8, 4) is 33.5 Å². The maximum Gasteiger partial charge on any atom is 0.0708 e. The Hall–Kier alpha value is -3.12. The van der Waals surface area contributed by atoms with Gasteiger partial charge in [-0.05, 0) is 76.2 Å². The molecule has 138 valence electrons. The summed E-state index contributed by atoms with van der Waals surface area (Å²) >= 11 is 2.32. The highest BCUT2D eigenvalue weighted by molar-refractivity contribution is 14.1. The fraction of sp³-hybridized carbons (Fsp3) is 0. The van der Waals surface area contributed by atoms with Crippen molar-refractivity contribution in [2.24, 2.45) is 0 Å². The first kappa shape index (κ1) is 17.9. The van der Waals surface area contributed by atoms with Gasteiger partial charge in [-0.25, -0.2) is 0 Å². The molecule has 0 amide bonds. The minimum Gasteiger partial charge on any atom is -0.265 e. The van der Waals surface area contributed by atoms with Gasteiger partial charge in [-0.2, -0.15) is 0 Å². The molecule has 0 atom stereocenters. The van der Waals surface area contributed by atoms with Crippen molar-refractivity contribution in [1.82, 2.24) is 15.0 Å². The normalized spacial score (nSPS) is 10.9. The molecule has 0 aliphatic rings. The van der Waals surface area contributed by atoms with E-state index in [0.717, 1.165) is 33.3 Å². The van der Waals surface area contributed by atoms with Gasteiger partial charge in [-0.15, -0.1) is 0 Å². The molecule has 0 radical (unpaired) electrons. The lowest BCUT2D eigenvalue weighted by Crippen LogP contribution is -1.88. The van der Waals surface area contributed by atoms with Crippen LogP contribution in [0.1, 0.15) is 0 Å². The Morgan fingerprint density at radius 2 is 1.28 bits per heavy atom. The van der Waals surface area contributed by atoms with E-state index in [2.05, 4.69) is 87.2 Å². The second-order valence-corrected chi connectivity index (χ2v) is 8.05. The number of nitrogens with zero attached hydrogens (tertiary/aromatic N) is 3. The standard InChI is InChI=1S/C25H16IN3/c26-23-6-3-17(4-7-23)19-1-2-20-13-22(16-29-25(20)14-19)21-5-8-24(28-15-21)18-9-11-27-12-10-18/h1-16H. The maximum absolute atomic E-state index is 4.70. The zero-order valence-corrected chi connectivity index (χ0v) is 17.6. The third-order valence-corrected chi connectivity index (χ3v) is 5.65. The van der Waals surface area contributed by atoms with Crippen LogP contribution in [0.5, 0.6) is 0 Å². The van der Waals surface area contributed by atoms with Crippen LogP contribution in [-0.4, -0.2) is 15.0 Å². The average Bonchev–Trinajstić information content (AvgIpc) is 2.80. The summed E-state index contributed by atoms with van der Waals surface area (Å²) < 4.78 is 1.23. The fourth-order valence-corrected chi connectivity index (χ4v) is 3.72. The third-order valence-electron chi connectivity index (χ3n) is 4.93. The van der Waals surface area contributed by atoms with E-state index in [1.165, 1.54) is 14.7 Å². The number of pyridine rings is 3. The topological polar surface area (TPSA) is 38.7 Å². The van der Waals surface area contributed by atoms with Crippen LogP contribution in [0.4, 0.5) is 0 Å². The summed E-state index contributed by atoms with van der Waals surface area (Å²) in [4.78, 5) is 13.4. The number of aromatic nitrogens is 3. The molecule has 29 heavy (non-hydrogen) atoms. The Bertz CT molecular complexity index is 1280. The molecule has 0 spiro atoms. The van der Waals surface area contributed by atoms with Crippen LogP contribution >= 0.6 is 22.6 Å². The zero-order chi connectivity index (χ0) is 19.6. The molecule has 5 aromatic rings. The Morgan fingerprint density at radius 1 is 0.552 bits per heavy atom. The van der Waals surface area contributed by atoms with Crippen LogP contribution in [-0.2, 0) is 0 Å². The van der Waals surface area contributed by atoms with E-state index in [0.29, 0.717) is 0 Å². The second-order valence-electron chi connectivity index (χ2n) is 6.81. The molecule has 0 N–H and O–H groups in total. The first-order valence-corrected chi connectivity index (χ1v) is 10.4. The van der Waals surface area contributed by atoms with E-state index in [4.69, 9.17) is 4.98 Å². The number of rotatable bonds is 3. The third kappa shape index (κ3) is 3.76. The SMILES string of the molecule is Ic1ccc(-c2ccc3cc(-c4ccc(-c5ccncc5)nc4)cnc3c2)cc1. The smallest absolute Gasteiger partial charge is 0.0708 e. The first-order valence-electron chi connectivity index (χ1n) is 9.29. The summed E-state index contributed by atoms with van der Waals surface area (Å²) in [6.45, 7) is 0. The summed E-state index contributed by atoms with van der Waals surface area (Å²) in [5, 5.41) is 1.12. The summed E-state index contributed by atoms with van der Waals surface area (Å²) in [6.07, 6.45) is 7.38. The van der Waals surface area contributed by atoms with Crippen molar-refractivity contribution < 1.29 is 0 Å². The van der Waals surface area contributed by atoms with Crippen LogP contribution in [0.2, 0.25) is 0 Å². The quantitative estimate of drug-likeness (QED) is 0.269. The molecule has 5 rings (SSSR count). The molecular formula is C25H16IN3. The minimum absolute atomic E-state index is 0.937. The van der Waals surface area contributed by atoms with Crippen molar-refractivity contribution in [2.75, 3.05) is 0 Å². The van der Waals surface area contributed by atoms with Crippen LogP contribution in [0.15, 0.2) is 97.6 Å². The summed E-state index contributed by atoms with van der Waals surface area (Å²) in [5.74, 6) is 0. The van der Waals surface area contributed by atoms with Crippen LogP contribution in [0.3, 0.4) is 0 Å². The molecule has 3 heterocycles. The first-order chi connectivity index (χ1) is 14.3. The lowest BCUT2D eigenvalue weighted by molar-refractivity contribution is 1.28. The highest BCUT2D eigenvalue weighted by Gasteiger charge is 2.05. The lowest BCUT2D eigenvalue weighted by atomic mass is 10.0. The monoisotopic (exact) mass is 485 g/mol. The van der Waals surface area contributed by atoms with E-state index >= 15 is 0 Å². The van der Waals surface area contributed by atoms with Gasteiger partial charge in [0.05, 0.1) is 11.2 Å². The Balaban J connectivity index is 1.47. The fourth-order valence-electron chi connectivity index (χ4n) is 3.36.